The molecule has 2 aliphatic rings. The predicted octanol–water partition coefficient (Wildman–Crippen LogP) is 1.28. The molecule has 4 nitrogen and oxygen atoms in total. The Balaban J connectivity index is 1.85. The molecule has 0 aromatic carbocycles. The second kappa shape index (κ2) is 6.10. The van der Waals surface area contributed by atoms with Crippen molar-refractivity contribution in [2.75, 3.05) is 37.7 Å². The molecule has 0 amide bonds. The van der Waals surface area contributed by atoms with Crippen LogP contribution in [0.25, 0.3) is 0 Å². The number of hydrogen-bond acceptors (Lipinski definition) is 4. The van der Waals surface area contributed by atoms with Gasteiger partial charge in [0, 0.05) is 25.7 Å². The number of nitrogens with one attached hydrogen (secondary N) is 1. The first-order valence-electron chi connectivity index (χ1n) is 7.59. The van der Waals surface area contributed by atoms with Crippen LogP contribution in [0, 0.1) is 5.41 Å². The number of hydrogen-bond donors (Lipinski definition) is 1. The molecule has 1 atom stereocenters. The summed E-state index contributed by atoms with van der Waals surface area (Å²) in [7, 11) is -2.79. The van der Waals surface area contributed by atoms with Gasteiger partial charge in [0.05, 0.1) is 11.5 Å². The Morgan fingerprint density at radius 2 is 2.00 bits per heavy atom. The molecule has 2 rings (SSSR count). The highest BCUT2D eigenvalue weighted by Gasteiger charge is 2.30. The number of sulfone groups is 1. The molecule has 2 fully saturated rings. The Morgan fingerprint density at radius 1 is 1.26 bits per heavy atom. The van der Waals surface area contributed by atoms with Gasteiger partial charge in [-0.15, -0.1) is 0 Å². The van der Waals surface area contributed by atoms with E-state index in [0.29, 0.717) is 18.1 Å². The summed E-state index contributed by atoms with van der Waals surface area (Å²) in [6, 6.07) is 0.746. The number of nitrogens with zero attached hydrogens (tertiary/aromatic N) is 1. The van der Waals surface area contributed by atoms with Gasteiger partial charge in [0.25, 0.3) is 0 Å². The lowest BCUT2D eigenvalue weighted by atomic mass is 9.86. The molecular formula is C14H28N2O2S. The van der Waals surface area contributed by atoms with Crippen LogP contribution in [-0.2, 0) is 9.84 Å². The Bertz CT molecular complexity index is 392. The molecule has 112 valence electrons. The zero-order valence-electron chi connectivity index (χ0n) is 12.3. The normalized spacial score (nSPS) is 27.7. The third kappa shape index (κ3) is 5.04. The van der Waals surface area contributed by atoms with Crippen molar-refractivity contribution in [3.63, 3.8) is 0 Å². The van der Waals surface area contributed by atoms with Crippen LogP contribution in [-0.4, -0.2) is 57.0 Å². The van der Waals surface area contributed by atoms with Crippen LogP contribution in [0.3, 0.4) is 0 Å². The predicted molar refractivity (Wildman–Crippen MR) is 79.1 cm³/mol. The fourth-order valence-corrected chi connectivity index (χ4v) is 3.97. The largest absolute Gasteiger partial charge is 0.313 e. The van der Waals surface area contributed by atoms with Crippen molar-refractivity contribution < 1.29 is 8.42 Å². The van der Waals surface area contributed by atoms with Gasteiger partial charge in [-0.05, 0) is 37.6 Å². The highest BCUT2D eigenvalue weighted by atomic mass is 32.2. The second-order valence-electron chi connectivity index (χ2n) is 6.60. The first-order valence-corrected chi connectivity index (χ1v) is 9.41. The van der Waals surface area contributed by atoms with Gasteiger partial charge in [-0.2, -0.15) is 0 Å². The van der Waals surface area contributed by atoms with Gasteiger partial charge >= 0.3 is 0 Å². The van der Waals surface area contributed by atoms with Crippen LogP contribution >= 0.6 is 0 Å². The Morgan fingerprint density at radius 3 is 2.63 bits per heavy atom. The van der Waals surface area contributed by atoms with Gasteiger partial charge in [0.2, 0.25) is 0 Å². The molecule has 19 heavy (non-hydrogen) atoms. The van der Waals surface area contributed by atoms with Crippen molar-refractivity contribution in [3.8, 4) is 0 Å². The fraction of sp³-hybridized carbons (Fsp3) is 1.00. The van der Waals surface area contributed by atoms with E-state index in [2.05, 4.69) is 24.1 Å². The summed E-state index contributed by atoms with van der Waals surface area (Å²) in [6.45, 7) is 8.26. The van der Waals surface area contributed by atoms with Gasteiger partial charge in [0.15, 0.2) is 9.84 Å². The zero-order valence-corrected chi connectivity index (χ0v) is 13.1. The van der Waals surface area contributed by atoms with E-state index in [1.807, 2.05) is 0 Å². The van der Waals surface area contributed by atoms with E-state index in [0.717, 1.165) is 38.5 Å². The third-order valence-corrected chi connectivity index (χ3v) is 6.22. The van der Waals surface area contributed by atoms with Crippen molar-refractivity contribution in [2.45, 2.75) is 45.6 Å². The summed E-state index contributed by atoms with van der Waals surface area (Å²) in [4.78, 5) is 2.35. The average Bonchev–Trinajstić information content (AvgIpc) is 3.17. The van der Waals surface area contributed by atoms with E-state index in [1.165, 1.54) is 12.8 Å². The summed E-state index contributed by atoms with van der Waals surface area (Å²) in [5, 5.41) is 3.62. The van der Waals surface area contributed by atoms with Gasteiger partial charge in [0.1, 0.15) is 0 Å². The summed E-state index contributed by atoms with van der Waals surface area (Å²) in [5.74, 6) is 0.704. The topological polar surface area (TPSA) is 49.4 Å². The molecule has 1 saturated heterocycles. The molecule has 1 unspecified atom stereocenters. The van der Waals surface area contributed by atoms with Crippen molar-refractivity contribution in [3.05, 3.63) is 0 Å². The molecule has 1 N–H and O–H groups in total. The van der Waals surface area contributed by atoms with Crippen molar-refractivity contribution in [1.82, 2.24) is 10.2 Å². The van der Waals surface area contributed by atoms with Gasteiger partial charge in [-0.3, -0.25) is 0 Å². The summed E-state index contributed by atoms with van der Waals surface area (Å²) < 4.78 is 23.3. The van der Waals surface area contributed by atoms with Crippen LogP contribution in [0.1, 0.15) is 39.5 Å². The maximum absolute atomic E-state index is 11.6. The fourth-order valence-electron chi connectivity index (χ4n) is 2.66. The van der Waals surface area contributed by atoms with Gasteiger partial charge < -0.3 is 10.2 Å². The zero-order chi connectivity index (χ0) is 13.9. The monoisotopic (exact) mass is 288 g/mol. The smallest absolute Gasteiger partial charge is 0.151 e. The molecule has 5 heteroatoms. The van der Waals surface area contributed by atoms with Crippen molar-refractivity contribution in [1.29, 1.82) is 0 Å². The quantitative estimate of drug-likeness (QED) is 0.800. The molecule has 0 aromatic rings. The molecular weight excluding hydrogens is 260 g/mol. The maximum atomic E-state index is 11.6. The third-order valence-electron chi connectivity index (χ3n) is 4.50. The second-order valence-corrected chi connectivity index (χ2v) is 8.90. The Hall–Kier alpha value is -0.130. The minimum Gasteiger partial charge on any atom is -0.313 e. The molecule has 1 aliphatic carbocycles. The first kappa shape index (κ1) is 15.3. The summed E-state index contributed by atoms with van der Waals surface area (Å²) in [5.41, 5.74) is 0.261. The van der Waals surface area contributed by atoms with Gasteiger partial charge in [-0.25, -0.2) is 8.42 Å². The van der Waals surface area contributed by atoms with Crippen LogP contribution in [0.5, 0.6) is 0 Å². The number of rotatable bonds is 6. The van der Waals surface area contributed by atoms with Crippen molar-refractivity contribution in [2.24, 2.45) is 5.41 Å². The highest BCUT2D eigenvalue weighted by molar-refractivity contribution is 7.91. The van der Waals surface area contributed by atoms with E-state index in [4.69, 9.17) is 0 Å². The van der Waals surface area contributed by atoms with E-state index < -0.39 is 9.84 Å². The van der Waals surface area contributed by atoms with E-state index in [-0.39, 0.29) is 5.41 Å². The van der Waals surface area contributed by atoms with Crippen LogP contribution < -0.4 is 5.32 Å². The highest BCUT2D eigenvalue weighted by Crippen LogP contribution is 2.26. The van der Waals surface area contributed by atoms with Crippen LogP contribution in [0.4, 0.5) is 0 Å². The minimum absolute atomic E-state index is 0.261. The van der Waals surface area contributed by atoms with Crippen LogP contribution in [0.2, 0.25) is 0 Å². The first-order chi connectivity index (χ1) is 8.92. The summed E-state index contributed by atoms with van der Waals surface area (Å²) >= 11 is 0. The molecule has 0 aromatic heterocycles. The lowest BCUT2D eigenvalue weighted by Crippen LogP contribution is -2.43. The maximum Gasteiger partial charge on any atom is 0.151 e. The van der Waals surface area contributed by atoms with E-state index >= 15 is 0 Å². The van der Waals surface area contributed by atoms with E-state index in [9.17, 15) is 8.42 Å². The van der Waals surface area contributed by atoms with Gasteiger partial charge in [-0.1, -0.05) is 13.8 Å². The molecule has 0 bridgehead atoms. The molecule has 1 saturated carbocycles. The minimum atomic E-state index is -2.79. The lowest BCUT2D eigenvalue weighted by molar-refractivity contribution is 0.163. The standard InChI is InChI=1S/C14H28N2O2S/c1-3-14(2,11-15-13-5-6-13)12-16-7-4-9-19(17,18)10-8-16/h13,15H,3-12H2,1-2H3. The molecule has 1 heterocycles. The molecule has 0 radical (unpaired) electrons. The Kier molecular flexibility index (Phi) is 4.90. The Labute approximate surface area is 117 Å². The lowest BCUT2D eigenvalue weighted by Gasteiger charge is -2.34. The average molecular weight is 288 g/mol. The van der Waals surface area contributed by atoms with Crippen molar-refractivity contribution >= 4 is 9.84 Å². The summed E-state index contributed by atoms with van der Waals surface area (Å²) in [6.07, 6.45) is 4.57. The van der Waals surface area contributed by atoms with Crippen LogP contribution in [0.15, 0.2) is 0 Å². The SMILES string of the molecule is CCC(C)(CNC1CC1)CN1CCCS(=O)(=O)CC1. The molecule has 1 aliphatic heterocycles. The molecule has 0 spiro atoms. The van der Waals surface area contributed by atoms with E-state index in [1.54, 1.807) is 0 Å².